The van der Waals surface area contributed by atoms with Crippen LogP contribution in [0.25, 0.3) is 6.08 Å². The average molecular weight is 438 g/mol. The molecule has 0 saturated carbocycles. The molecule has 0 aliphatic carbocycles. The van der Waals surface area contributed by atoms with Gasteiger partial charge >= 0.3 is 0 Å². The smallest absolute Gasteiger partial charge is 0.232 e. The van der Waals surface area contributed by atoms with Crippen LogP contribution >= 0.6 is 11.3 Å². The molecule has 30 heavy (non-hydrogen) atoms. The van der Waals surface area contributed by atoms with Gasteiger partial charge in [-0.2, -0.15) is 0 Å². The molecule has 0 spiro atoms. The van der Waals surface area contributed by atoms with Crippen LogP contribution in [-0.4, -0.2) is 5.78 Å². The number of halogens is 5. The molecule has 0 amide bonds. The Morgan fingerprint density at radius 2 is 1.67 bits per heavy atom. The number of Topliss-reactive ketones (excluding diaryl/α,β-unsaturated/α-hetero) is 1. The molecule has 2 heterocycles. The average Bonchev–Trinajstić information content (AvgIpc) is 3.35. The fourth-order valence-corrected chi connectivity index (χ4v) is 3.60. The van der Waals surface area contributed by atoms with E-state index >= 15 is 0 Å². The standard InChI is InChI=1S/C21H11F5O3S/c1-9-13(28-8-12-15(22)17(24)19(26)18(25)16(12)23)5-4-11-20(27)14(29-21(9)11)7-10-3-2-6-30-10/h2-7H,8H2,1H3/b14-7-. The third-order valence-electron chi connectivity index (χ3n) is 4.53. The van der Waals surface area contributed by atoms with Gasteiger partial charge in [-0.05, 0) is 30.5 Å². The largest absolute Gasteiger partial charge is 0.488 e. The van der Waals surface area contributed by atoms with Gasteiger partial charge in [0.05, 0.1) is 11.1 Å². The van der Waals surface area contributed by atoms with Crippen molar-refractivity contribution in [2.75, 3.05) is 0 Å². The zero-order valence-corrected chi connectivity index (χ0v) is 16.0. The van der Waals surface area contributed by atoms with Crippen molar-refractivity contribution in [2.24, 2.45) is 0 Å². The fraction of sp³-hybridized carbons (Fsp3) is 0.0952. The summed E-state index contributed by atoms with van der Waals surface area (Å²) in [6, 6.07) is 6.41. The molecule has 1 aliphatic rings. The maximum atomic E-state index is 13.8. The second-order valence-electron chi connectivity index (χ2n) is 6.36. The van der Waals surface area contributed by atoms with Crippen molar-refractivity contribution in [3.63, 3.8) is 0 Å². The van der Waals surface area contributed by atoms with E-state index in [4.69, 9.17) is 9.47 Å². The van der Waals surface area contributed by atoms with Gasteiger partial charge in [0.2, 0.25) is 11.6 Å². The highest BCUT2D eigenvalue weighted by Gasteiger charge is 2.31. The zero-order chi connectivity index (χ0) is 21.6. The normalized spacial score (nSPS) is 14.2. The van der Waals surface area contributed by atoms with Crippen LogP contribution in [0.1, 0.15) is 26.4 Å². The molecule has 0 atom stereocenters. The van der Waals surface area contributed by atoms with E-state index in [1.165, 1.54) is 23.5 Å². The molecule has 3 nitrogen and oxygen atoms in total. The number of hydrogen-bond acceptors (Lipinski definition) is 4. The summed E-state index contributed by atoms with van der Waals surface area (Å²) in [7, 11) is 0. The molecule has 1 aliphatic heterocycles. The van der Waals surface area contributed by atoms with E-state index in [2.05, 4.69) is 0 Å². The summed E-state index contributed by atoms with van der Waals surface area (Å²) in [5.41, 5.74) is -0.472. The SMILES string of the molecule is Cc1c(OCc2c(F)c(F)c(F)c(F)c2F)ccc2c1O/C(=C\c1cccs1)C2=O. The van der Waals surface area contributed by atoms with E-state index in [1.54, 1.807) is 13.0 Å². The molecule has 0 fully saturated rings. The van der Waals surface area contributed by atoms with Gasteiger partial charge in [0.25, 0.3) is 0 Å². The maximum absolute atomic E-state index is 13.8. The Morgan fingerprint density at radius 1 is 1.00 bits per heavy atom. The molecule has 4 rings (SSSR count). The van der Waals surface area contributed by atoms with Gasteiger partial charge in [-0.3, -0.25) is 4.79 Å². The van der Waals surface area contributed by atoms with Crippen LogP contribution in [0.2, 0.25) is 0 Å². The predicted octanol–water partition coefficient (Wildman–Crippen LogP) is 5.95. The third-order valence-corrected chi connectivity index (χ3v) is 5.35. The predicted molar refractivity (Wildman–Crippen MR) is 99.0 cm³/mol. The monoisotopic (exact) mass is 438 g/mol. The lowest BCUT2D eigenvalue weighted by atomic mass is 10.1. The molecule has 0 unspecified atom stereocenters. The van der Waals surface area contributed by atoms with Crippen molar-refractivity contribution >= 4 is 23.2 Å². The minimum Gasteiger partial charge on any atom is -0.488 e. The topological polar surface area (TPSA) is 35.5 Å². The second kappa shape index (κ2) is 7.56. The number of rotatable bonds is 4. The number of carbonyl (C=O) groups excluding carboxylic acids is 1. The summed E-state index contributed by atoms with van der Waals surface area (Å²) < 4.78 is 78.5. The van der Waals surface area contributed by atoms with E-state index < -0.39 is 41.3 Å². The number of fused-ring (bicyclic) bond motifs is 1. The van der Waals surface area contributed by atoms with E-state index in [1.807, 2.05) is 17.5 Å². The Bertz CT molecular complexity index is 1170. The fourth-order valence-electron chi connectivity index (χ4n) is 2.95. The molecule has 154 valence electrons. The first-order valence-corrected chi connectivity index (χ1v) is 9.42. The number of ketones is 1. The second-order valence-corrected chi connectivity index (χ2v) is 7.34. The molecule has 0 radical (unpaired) electrons. The lowest BCUT2D eigenvalue weighted by Crippen LogP contribution is -2.10. The number of hydrogen-bond donors (Lipinski definition) is 0. The van der Waals surface area contributed by atoms with Gasteiger partial charge in [-0.15, -0.1) is 11.3 Å². The van der Waals surface area contributed by atoms with Gasteiger partial charge in [0, 0.05) is 16.5 Å². The molecule has 1 aromatic heterocycles. The summed E-state index contributed by atoms with van der Waals surface area (Å²) in [6.45, 7) is 0.644. The third kappa shape index (κ3) is 3.24. The quantitative estimate of drug-likeness (QED) is 0.219. The van der Waals surface area contributed by atoms with Crippen LogP contribution in [0.4, 0.5) is 22.0 Å². The zero-order valence-electron chi connectivity index (χ0n) is 15.2. The molecule has 0 bridgehead atoms. The van der Waals surface area contributed by atoms with Crippen LogP contribution in [-0.2, 0) is 6.61 Å². The molecule has 0 N–H and O–H groups in total. The Morgan fingerprint density at radius 3 is 2.30 bits per heavy atom. The molecular formula is C21H11F5O3S. The number of benzene rings is 2. The lowest BCUT2D eigenvalue weighted by molar-refractivity contribution is 0.101. The van der Waals surface area contributed by atoms with Crippen molar-refractivity contribution < 1.29 is 36.2 Å². The minimum absolute atomic E-state index is 0.0721. The summed E-state index contributed by atoms with van der Waals surface area (Å²) >= 11 is 1.42. The Kier molecular flexibility index (Phi) is 5.07. The Labute approximate surface area is 171 Å². The first-order valence-electron chi connectivity index (χ1n) is 8.54. The van der Waals surface area contributed by atoms with Crippen LogP contribution in [0.5, 0.6) is 11.5 Å². The van der Waals surface area contributed by atoms with E-state index in [9.17, 15) is 26.7 Å². The summed E-state index contributed by atoms with van der Waals surface area (Å²) in [4.78, 5) is 13.3. The number of thiophene rings is 1. The molecular weight excluding hydrogens is 427 g/mol. The van der Waals surface area contributed by atoms with Crippen LogP contribution in [0.3, 0.4) is 0 Å². The van der Waals surface area contributed by atoms with Gasteiger partial charge in [0.15, 0.2) is 29.0 Å². The molecule has 0 saturated heterocycles. The first-order chi connectivity index (χ1) is 14.3. The highest BCUT2D eigenvalue weighted by molar-refractivity contribution is 7.10. The summed E-state index contributed by atoms with van der Waals surface area (Å²) in [5, 5.41) is 1.84. The highest BCUT2D eigenvalue weighted by Crippen LogP contribution is 2.40. The number of carbonyl (C=O) groups is 1. The van der Waals surface area contributed by atoms with Gasteiger partial charge in [0.1, 0.15) is 18.1 Å². The summed E-state index contributed by atoms with van der Waals surface area (Å²) in [5.74, 6) is -10.2. The molecule has 3 aromatic rings. The highest BCUT2D eigenvalue weighted by atomic mass is 32.1. The van der Waals surface area contributed by atoms with Gasteiger partial charge in [-0.25, -0.2) is 22.0 Å². The summed E-state index contributed by atoms with van der Waals surface area (Å²) in [6.07, 6.45) is 1.59. The van der Waals surface area contributed by atoms with E-state index in [0.29, 0.717) is 5.56 Å². The number of ether oxygens (including phenoxy) is 2. The minimum atomic E-state index is -2.24. The van der Waals surface area contributed by atoms with Crippen LogP contribution in [0, 0.1) is 36.0 Å². The molecule has 2 aromatic carbocycles. The van der Waals surface area contributed by atoms with Crippen LogP contribution in [0.15, 0.2) is 35.4 Å². The Balaban J connectivity index is 1.62. The maximum Gasteiger partial charge on any atom is 0.232 e. The Hall–Kier alpha value is -3.20. The van der Waals surface area contributed by atoms with E-state index in [-0.39, 0.29) is 28.6 Å². The van der Waals surface area contributed by atoms with E-state index in [0.717, 1.165) is 4.88 Å². The lowest BCUT2D eigenvalue weighted by Gasteiger charge is -2.13. The van der Waals surface area contributed by atoms with Crippen molar-refractivity contribution in [2.45, 2.75) is 13.5 Å². The number of allylic oxidation sites excluding steroid dienone is 1. The van der Waals surface area contributed by atoms with Gasteiger partial charge < -0.3 is 9.47 Å². The first kappa shape index (κ1) is 20.1. The van der Waals surface area contributed by atoms with Crippen molar-refractivity contribution in [1.29, 1.82) is 0 Å². The molecule has 9 heteroatoms. The van der Waals surface area contributed by atoms with Gasteiger partial charge in [-0.1, -0.05) is 6.07 Å². The van der Waals surface area contributed by atoms with Crippen molar-refractivity contribution in [3.05, 3.63) is 86.1 Å². The van der Waals surface area contributed by atoms with Crippen molar-refractivity contribution in [1.82, 2.24) is 0 Å². The van der Waals surface area contributed by atoms with Crippen molar-refractivity contribution in [3.8, 4) is 11.5 Å². The van der Waals surface area contributed by atoms with Crippen LogP contribution < -0.4 is 9.47 Å².